The minimum atomic E-state index is -4.57. The summed E-state index contributed by atoms with van der Waals surface area (Å²) in [4.78, 5) is 14.9. The Hall–Kier alpha value is -3.51. The number of azide groups is 1. The van der Waals surface area contributed by atoms with E-state index in [-0.39, 0.29) is 28.6 Å². The van der Waals surface area contributed by atoms with E-state index in [1.807, 2.05) is 0 Å². The van der Waals surface area contributed by atoms with Crippen LogP contribution in [0.2, 0.25) is 0 Å². The highest BCUT2D eigenvalue weighted by atomic mass is 19.4. The molecule has 0 atom stereocenters. The van der Waals surface area contributed by atoms with Gasteiger partial charge in [-0.2, -0.15) is 13.2 Å². The van der Waals surface area contributed by atoms with E-state index in [1.165, 1.54) is 12.1 Å². The minimum Gasteiger partial charge on any atom is -0.453 e. The number of hydrogen-bond donors (Lipinski definition) is 0. The molecule has 0 fully saturated rings. The SMILES string of the molecule is [N-]=[N+]=Nc1cc(C(F)(F)F)ccc1-c1ccc(C(=O)c2ccccc2)o1. The molecule has 0 spiro atoms. The topological polar surface area (TPSA) is 79.0 Å². The number of nitrogens with zero attached hydrogens (tertiary/aromatic N) is 3. The minimum absolute atomic E-state index is 0.0259. The second-order valence-electron chi connectivity index (χ2n) is 5.28. The van der Waals surface area contributed by atoms with Crippen LogP contribution < -0.4 is 0 Å². The molecule has 130 valence electrons. The average molecular weight is 357 g/mol. The highest BCUT2D eigenvalue weighted by Gasteiger charge is 2.31. The quantitative estimate of drug-likeness (QED) is 0.243. The molecule has 1 heterocycles. The van der Waals surface area contributed by atoms with Gasteiger partial charge in [0.25, 0.3) is 0 Å². The predicted molar refractivity (Wildman–Crippen MR) is 87.8 cm³/mol. The lowest BCUT2D eigenvalue weighted by Crippen LogP contribution is -2.04. The van der Waals surface area contributed by atoms with Crippen molar-refractivity contribution >= 4 is 11.5 Å². The van der Waals surface area contributed by atoms with Gasteiger partial charge in [-0.1, -0.05) is 41.5 Å². The van der Waals surface area contributed by atoms with Crippen molar-refractivity contribution in [2.75, 3.05) is 0 Å². The summed E-state index contributed by atoms with van der Waals surface area (Å²) in [6.07, 6.45) is -4.57. The Morgan fingerprint density at radius 1 is 1.04 bits per heavy atom. The van der Waals surface area contributed by atoms with Crippen LogP contribution in [0.3, 0.4) is 0 Å². The average Bonchev–Trinajstić information content (AvgIpc) is 3.11. The summed E-state index contributed by atoms with van der Waals surface area (Å²) in [6.45, 7) is 0. The standard InChI is InChI=1S/C18H10F3N3O2/c19-18(20,21)12-6-7-13(14(10-12)23-24-22)15-8-9-16(26-15)17(25)11-4-2-1-3-5-11/h1-10H. The number of benzene rings is 2. The fourth-order valence-electron chi connectivity index (χ4n) is 2.38. The van der Waals surface area contributed by atoms with Crippen LogP contribution in [0.15, 0.2) is 70.2 Å². The van der Waals surface area contributed by atoms with Crippen molar-refractivity contribution in [1.82, 2.24) is 0 Å². The van der Waals surface area contributed by atoms with Gasteiger partial charge in [-0.05, 0) is 29.8 Å². The summed E-state index contributed by atoms with van der Waals surface area (Å²) in [6, 6.07) is 14.0. The first kappa shape index (κ1) is 17.3. The monoisotopic (exact) mass is 357 g/mol. The first-order chi connectivity index (χ1) is 12.4. The lowest BCUT2D eigenvalue weighted by Gasteiger charge is -2.09. The van der Waals surface area contributed by atoms with Gasteiger partial charge in [0.1, 0.15) is 5.76 Å². The smallest absolute Gasteiger partial charge is 0.416 e. The van der Waals surface area contributed by atoms with Crippen LogP contribution in [0, 0.1) is 0 Å². The third-order valence-corrected chi connectivity index (χ3v) is 3.61. The molecule has 0 aliphatic carbocycles. The van der Waals surface area contributed by atoms with Gasteiger partial charge in [-0.25, -0.2) is 0 Å². The molecule has 0 N–H and O–H groups in total. The number of carbonyl (C=O) groups excluding carboxylic acids is 1. The summed E-state index contributed by atoms with van der Waals surface area (Å²) in [5.74, 6) is -0.215. The summed E-state index contributed by atoms with van der Waals surface area (Å²) < 4.78 is 44.0. The van der Waals surface area contributed by atoms with Gasteiger partial charge in [0.2, 0.25) is 5.78 Å². The fourth-order valence-corrected chi connectivity index (χ4v) is 2.38. The third-order valence-electron chi connectivity index (χ3n) is 3.61. The van der Waals surface area contributed by atoms with Crippen molar-refractivity contribution in [3.05, 3.63) is 88.0 Å². The summed E-state index contributed by atoms with van der Waals surface area (Å²) >= 11 is 0. The van der Waals surface area contributed by atoms with Crippen LogP contribution in [-0.4, -0.2) is 5.78 Å². The number of hydrogen-bond acceptors (Lipinski definition) is 3. The van der Waals surface area contributed by atoms with Gasteiger partial charge in [0.15, 0.2) is 5.76 Å². The van der Waals surface area contributed by atoms with Gasteiger partial charge in [-0.15, -0.1) is 0 Å². The Kier molecular flexibility index (Phi) is 4.51. The van der Waals surface area contributed by atoms with Gasteiger partial charge in [0, 0.05) is 21.7 Å². The highest BCUT2D eigenvalue weighted by Crippen LogP contribution is 2.38. The zero-order chi connectivity index (χ0) is 18.7. The van der Waals surface area contributed by atoms with E-state index in [4.69, 9.17) is 9.95 Å². The molecule has 0 aliphatic heterocycles. The van der Waals surface area contributed by atoms with Gasteiger partial charge in [-0.3, -0.25) is 4.79 Å². The Morgan fingerprint density at radius 3 is 2.42 bits per heavy atom. The fraction of sp³-hybridized carbons (Fsp3) is 0.0556. The molecule has 0 saturated heterocycles. The molecule has 0 radical (unpaired) electrons. The number of halogens is 3. The van der Waals surface area contributed by atoms with E-state index in [1.54, 1.807) is 30.3 Å². The van der Waals surface area contributed by atoms with Crippen LogP contribution in [-0.2, 0) is 6.18 Å². The third kappa shape index (κ3) is 3.45. The molecule has 3 aromatic rings. The molecule has 0 aliphatic rings. The van der Waals surface area contributed by atoms with Crippen molar-refractivity contribution in [2.45, 2.75) is 6.18 Å². The molecule has 5 nitrogen and oxygen atoms in total. The lowest BCUT2D eigenvalue weighted by atomic mass is 10.1. The van der Waals surface area contributed by atoms with Crippen molar-refractivity contribution < 1.29 is 22.4 Å². The molecule has 3 rings (SSSR count). The van der Waals surface area contributed by atoms with Crippen LogP contribution >= 0.6 is 0 Å². The van der Waals surface area contributed by atoms with E-state index < -0.39 is 11.7 Å². The first-order valence-electron chi connectivity index (χ1n) is 7.36. The lowest BCUT2D eigenvalue weighted by molar-refractivity contribution is -0.137. The van der Waals surface area contributed by atoms with Gasteiger partial charge >= 0.3 is 6.18 Å². The van der Waals surface area contributed by atoms with Crippen molar-refractivity contribution in [2.24, 2.45) is 5.11 Å². The molecule has 26 heavy (non-hydrogen) atoms. The van der Waals surface area contributed by atoms with E-state index >= 15 is 0 Å². The molecular formula is C18H10F3N3O2. The zero-order valence-electron chi connectivity index (χ0n) is 13.1. The zero-order valence-corrected chi connectivity index (χ0v) is 13.1. The maximum Gasteiger partial charge on any atom is 0.416 e. The largest absolute Gasteiger partial charge is 0.453 e. The molecule has 2 aromatic carbocycles. The second-order valence-corrected chi connectivity index (χ2v) is 5.28. The Morgan fingerprint density at radius 2 is 1.77 bits per heavy atom. The van der Waals surface area contributed by atoms with E-state index in [9.17, 15) is 18.0 Å². The molecule has 0 bridgehead atoms. The van der Waals surface area contributed by atoms with Crippen LogP contribution in [0.25, 0.3) is 21.8 Å². The van der Waals surface area contributed by atoms with Gasteiger partial charge in [0.05, 0.1) is 5.56 Å². The van der Waals surface area contributed by atoms with Crippen LogP contribution in [0.4, 0.5) is 18.9 Å². The van der Waals surface area contributed by atoms with Crippen molar-refractivity contribution in [1.29, 1.82) is 0 Å². The predicted octanol–water partition coefficient (Wildman–Crippen LogP) is 6.14. The molecular weight excluding hydrogens is 347 g/mol. The molecule has 1 aromatic heterocycles. The number of furan rings is 1. The molecule has 0 saturated carbocycles. The van der Waals surface area contributed by atoms with Gasteiger partial charge < -0.3 is 4.42 Å². The van der Waals surface area contributed by atoms with Crippen LogP contribution in [0.1, 0.15) is 21.7 Å². The van der Waals surface area contributed by atoms with E-state index in [2.05, 4.69) is 10.0 Å². The second kappa shape index (κ2) is 6.78. The van der Waals surface area contributed by atoms with Crippen LogP contribution in [0.5, 0.6) is 0 Å². The number of rotatable bonds is 4. The number of ketones is 1. The van der Waals surface area contributed by atoms with Crippen molar-refractivity contribution in [3.8, 4) is 11.3 Å². The molecule has 0 amide bonds. The molecule has 8 heteroatoms. The normalized spacial score (nSPS) is 11.0. The Labute approximate surface area is 145 Å². The summed E-state index contributed by atoms with van der Waals surface area (Å²) in [5, 5.41) is 3.31. The number of alkyl halides is 3. The summed E-state index contributed by atoms with van der Waals surface area (Å²) in [5.41, 5.74) is 8.00. The Bertz CT molecular complexity index is 1000. The maximum absolute atomic E-state index is 12.8. The molecule has 0 unspecified atom stereocenters. The highest BCUT2D eigenvalue weighted by molar-refractivity contribution is 6.07. The summed E-state index contributed by atoms with van der Waals surface area (Å²) in [7, 11) is 0. The first-order valence-corrected chi connectivity index (χ1v) is 7.36. The van der Waals surface area contributed by atoms with E-state index in [0.29, 0.717) is 5.56 Å². The van der Waals surface area contributed by atoms with E-state index in [0.717, 1.165) is 18.2 Å². The van der Waals surface area contributed by atoms with Crippen molar-refractivity contribution in [3.63, 3.8) is 0 Å². The Balaban J connectivity index is 2.01. The maximum atomic E-state index is 12.8. The number of carbonyl (C=O) groups is 1.